The molecule has 0 unspecified atom stereocenters. The molecule has 14 heteroatoms. The van der Waals surface area contributed by atoms with Crippen LogP contribution >= 0.6 is 0 Å². The van der Waals surface area contributed by atoms with Gasteiger partial charge in [-0.15, -0.1) is 0 Å². The molecule has 10 aromatic rings. The second-order valence-electron chi connectivity index (χ2n) is 16.3. The van der Waals surface area contributed by atoms with Crippen LogP contribution < -0.4 is 9.80 Å². The molecule has 0 saturated heterocycles. The van der Waals surface area contributed by atoms with Crippen LogP contribution in [0.3, 0.4) is 0 Å². The number of halogens is 10. The molecule has 0 amide bonds. The largest absolute Gasteiger partial charge is 0.416 e. The molecule has 0 fully saturated rings. The summed E-state index contributed by atoms with van der Waals surface area (Å²) in [6, 6.07) is 41.4. The predicted molar refractivity (Wildman–Crippen MR) is 250 cm³/mol. The lowest BCUT2D eigenvalue weighted by atomic mass is 9.91. The van der Waals surface area contributed by atoms with Gasteiger partial charge in [0.2, 0.25) is 0 Å². The van der Waals surface area contributed by atoms with E-state index in [0.29, 0.717) is 43.7 Å². The highest BCUT2D eigenvalue weighted by Gasteiger charge is 2.33. The van der Waals surface area contributed by atoms with Gasteiger partial charge >= 0.3 is 12.4 Å². The second-order valence-corrected chi connectivity index (χ2v) is 16.3. The highest BCUT2D eigenvalue weighted by atomic mass is 19.4. The maximum atomic E-state index is 16.8. The van der Waals surface area contributed by atoms with Crippen molar-refractivity contribution in [3.05, 3.63) is 215 Å². The van der Waals surface area contributed by atoms with E-state index in [1.54, 1.807) is 48.5 Å². The molecule has 0 aliphatic heterocycles. The maximum absolute atomic E-state index is 16.8. The van der Waals surface area contributed by atoms with Crippen molar-refractivity contribution in [3.63, 3.8) is 0 Å². The third-order valence-electron chi connectivity index (χ3n) is 12.2. The van der Waals surface area contributed by atoms with Crippen molar-refractivity contribution >= 4 is 66.4 Å². The van der Waals surface area contributed by atoms with Crippen molar-refractivity contribution in [2.24, 2.45) is 0 Å². The number of anilines is 6. The lowest BCUT2D eigenvalue weighted by Crippen LogP contribution is -2.14. The van der Waals surface area contributed by atoms with Crippen molar-refractivity contribution in [2.45, 2.75) is 12.4 Å². The Hall–Kier alpha value is -8.88. The van der Waals surface area contributed by atoms with Crippen LogP contribution in [0.4, 0.5) is 78.0 Å². The number of hydrogen-bond acceptors (Lipinski definition) is 4. The van der Waals surface area contributed by atoms with Crippen LogP contribution in [-0.4, -0.2) is 0 Å². The molecule has 0 N–H and O–H groups in total. The van der Waals surface area contributed by atoms with Gasteiger partial charge in [0, 0.05) is 45.4 Å². The highest BCUT2D eigenvalue weighted by molar-refractivity contribution is 6.28. The molecule has 342 valence electrons. The Morgan fingerprint density at radius 3 is 1.10 bits per heavy atom. The van der Waals surface area contributed by atoms with Gasteiger partial charge in [-0.1, -0.05) is 60.7 Å². The minimum Gasteiger partial charge on any atom is -0.307 e. The molecule has 0 heterocycles. The summed E-state index contributed by atoms with van der Waals surface area (Å²) in [4.78, 5) is 2.85. The lowest BCUT2D eigenvalue weighted by molar-refractivity contribution is -0.138. The fourth-order valence-corrected chi connectivity index (χ4v) is 8.93. The fraction of sp³-hybridized carbons (Fsp3) is 0.0357. The summed E-state index contributed by atoms with van der Waals surface area (Å²) in [6.07, 6.45) is -9.49. The minimum absolute atomic E-state index is 0.203. The number of benzene rings is 10. The van der Waals surface area contributed by atoms with Gasteiger partial charge in [0.15, 0.2) is 0 Å². The quantitative estimate of drug-likeness (QED) is 0.112. The van der Waals surface area contributed by atoms with E-state index in [0.717, 1.165) is 60.7 Å². The first kappa shape index (κ1) is 44.9. The van der Waals surface area contributed by atoms with E-state index in [-0.39, 0.29) is 45.0 Å². The van der Waals surface area contributed by atoms with Crippen LogP contribution in [0, 0.1) is 45.9 Å². The first-order chi connectivity index (χ1) is 33.5. The van der Waals surface area contributed by atoms with Gasteiger partial charge < -0.3 is 9.80 Å². The van der Waals surface area contributed by atoms with Crippen molar-refractivity contribution in [1.29, 1.82) is 10.5 Å². The van der Waals surface area contributed by atoms with Gasteiger partial charge in [-0.2, -0.15) is 36.9 Å². The van der Waals surface area contributed by atoms with Crippen molar-refractivity contribution in [2.75, 3.05) is 9.80 Å². The van der Waals surface area contributed by atoms with Gasteiger partial charge in [-0.25, -0.2) is 17.6 Å². The minimum atomic E-state index is -4.74. The second kappa shape index (κ2) is 17.0. The molecule has 0 atom stereocenters. The Bertz CT molecular complexity index is 3530. The van der Waals surface area contributed by atoms with Crippen LogP contribution in [0.5, 0.6) is 0 Å². The van der Waals surface area contributed by atoms with Gasteiger partial charge in [0.05, 0.1) is 57.1 Å². The molecule has 0 aromatic heterocycles. The van der Waals surface area contributed by atoms with E-state index in [4.69, 9.17) is 0 Å². The number of rotatable bonds is 8. The normalized spacial score (nSPS) is 11.8. The third kappa shape index (κ3) is 7.89. The van der Waals surface area contributed by atoms with Crippen LogP contribution in [0.15, 0.2) is 170 Å². The topological polar surface area (TPSA) is 54.1 Å². The molecule has 10 rings (SSSR count). The molecule has 70 heavy (non-hydrogen) atoms. The average Bonchev–Trinajstić information content (AvgIpc) is 3.35. The van der Waals surface area contributed by atoms with E-state index >= 15 is 17.6 Å². The summed E-state index contributed by atoms with van der Waals surface area (Å²) in [5.41, 5.74) is -2.19. The number of nitriles is 2. The molecule has 0 aliphatic carbocycles. The maximum Gasteiger partial charge on any atom is 0.416 e. The Morgan fingerprint density at radius 2 is 0.743 bits per heavy atom. The zero-order chi connectivity index (χ0) is 49.2. The van der Waals surface area contributed by atoms with Crippen LogP contribution in [-0.2, 0) is 12.4 Å². The van der Waals surface area contributed by atoms with E-state index in [9.17, 15) is 36.9 Å². The summed E-state index contributed by atoms with van der Waals surface area (Å²) in [7, 11) is 0. The number of nitrogens with zero attached hydrogens (tertiary/aromatic N) is 4. The van der Waals surface area contributed by atoms with Crippen LogP contribution in [0.1, 0.15) is 22.3 Å². The first-order valence-corrected chi connectivity index (χ1v) is 21.2. The van der Waals surface area contributed by atoms with Gasteiger partial charge in [-0.3, -0.25) is 0 Å². The summed E-state index contributed by atoms with van der Waals surface area (Å²) >= 11 is 0. The zero-order valence-electron chi connectivity index (χ0n) is 35.7. The van der Waals surface area contributed by atoms with E-state index in [2.05, 4.69) is 0 Å². The molecule has 0 saturated carbocycles. The predicted octanol–water partition coefficient (Wildman–Crippen LogP) is 17.2. The molecule has 0 aliphatic rings. The smallest absolute Gasteiger partial charge is 0.307 e. The molecule has 4 nitrogen and oxygen atoms in total. The molecular weight excluding hydrogens is 919 g/mol. The van der Waals surface area contributed by atoms with Gasteiger partial charge in [0.25, 0.3) is 0 Å². The number of hydrogen-bond donors (Lipinski definition) is 0. The van der Waals surface area contributed by atoms with Crippen molar-refractivity contribution < 1.29 is 43.9 Å². The molecular formula is C56H28F10N4. The molecule has 0 spiro atoms. The Morgan fingerprint density at radius 1 is 0.371 bits per heavy atom. The van der Waals surface area contributed by atoms with Crippen LogP contribution in [0.25, 0.3) is 54.6 Å². The Labute approximate surface area is 391 Å². The summed E-state index contributed by atoms with van der Waals surface area (Å²) in [5, 5.41) is 22.8. The Balaban J connectivity index is 1.18. The lowest BCUT2D eigenvalue weighted by Gasteiger charge is -2.30. The van der Waals surface area contributed by atoms with Crippen LogP contribution in [0.2, 0.25) is 0 Å². The molecule has 10 aromatic carbocycles. The van der Waals surface area contributed by atoms with Crippen molar-refractivity contribution in [3.8, 4) is 34.4 Å². The van der Waals surface area contributed by atoms with E-state index in [1.165, 1.54) is 70.5 Å². The van der Waals surface area contributed by atoms with Crippen molar-refractivity contribution in [1.82, 2.24) is 0 Å². The van der Waals surface area contributed by atoms with Gasteiger partial charge in [-0.05, 0) is 130 Å². The van der Waals surface area contributed by atoms with E-state index < -0.39 is 57.9 Å². The third-order valence-corrected chi connectivity index (χ3v) is 12.2. The molecule has 0 bridgehead atoms. The Kier molecular flexibility index (Phi) is 10.9. The zero-order valence-corrected chi connectivity index (χ0v) is 35.7. The number of alkyl halides is 6. The fourth-order valence-electron chi connectivity index (χ4n) is 8.93. The first-order valence-electron chi connectivity index (χ1n) is 21.2. The summed E-state index contributed by atoms with van der Waals surface area (Å²) < 4.78 is 148. The summed E-state index contributed by atoms with van der Waals surface area (Å²) in [5.74, 6) is -4.02. The molecule has 0 radical (unpaired) electrons. The SMILES string of the molecule is N#Cc1ccc(N(c2cc(F)c(-c3cccc(C(F)(F)F)c3)cc2F)c2ccc3ccc4c(N(c5ccc(C#N)cc5)c5cc(F)c(-c6cccc(C(F)(F)F)c6)cc5F)ccc5ccc2c3c54)cc1. The van der Waals surface area contributed by atoms with E-state index in [1.807, 2.05) is 12.1 Å². The standard InChI is InChI=1S/C56H28F10N4/c57-45-27-51(47(59)25-43(45)35-3-1-5-37(23-35)55(61,62)63)69(39-15-7-31(29-67)8-16-39)49-21-13-33-12-20-42-50(22-14-34-11-19-41(49)53(33)54(34)42)70(40-17-9-32(30-68)10-18-40)52-28-46(58)44(26-48(52)60)36-4-2-6-38(24-36)56(64,65)66/h1-28H. The van der Waals surface area contributed by atoms with Gasteiger partial charge in [0.1, 0.15) is 23.3 Å². The highest BCUT2D eigenvalue weighted by Crippen LogP contribution is 2.49. The monoisotopic (exact) mass is 946 g/mol. The summed E-state index contributed by atoms with van der Waals surface area (Å²) in [6.45, 7) is 0. The average molecular weight is 947 g/mol.